The number of anilines is 1. The van der Waals surface area contributed by atoms with Gasteiger partial charge >= 0.3 is 0 Å². The zero-order valence-corrected chi connectivity index (χ0v) is 19.8. The normalized spacial score (nSPS) is 18.3. The van der Waals surface area contributed by atoms with E-state index in [1.165, 1.54) is 18.3 Å². The Kier molecular flexibility index (Phi) is 8.29. The van der Waals surface area contributed by atoms with Crippen LogP contribution in [0.15, 0.2) is 53.5 Å². The van der Waals surface area contributed by atoms with E-state index >= 15 is 0 Å². The molecule has 1 aliphatic rings. The molecule has 1 aromatic heterocycles. The molecule has 184 valence electrons. The molecule has 2 unspecified atom stereocenters. The number of nitrogens with zero attached hydrogens (tertiary/aromatic N) is 2. The number of amides is 1. The van der Waals surface area contributed by atoms with Gasteiger partial charge in [0, 0.05) is 19.3 Å². The van der Waals surface area contributed by atoms with E-state index in [1.54, 1.807) is 35.2 Å². The van der Waals surface area contributed by atoms with Crippen LogP contribution in [0.2, 0.25) is 0 Å². The maximum atomic E-state index is 12.8. The first-order chi connectivity index (χ1) is 16.2. The lowest BCUT2D eigenvalue weighted by Gasteiger charge is -2.41. The van der Waals surface area contributed by atoms with Crippen LogP contribution < -0.4 is 21.3 Å². The Morgan fingerprint density at radius 3 is 2.65 bits per heavy atom. The minimum atomic E-state index is -3.82. The molecule has 0 radical (unpaired) electrons. The van der Waals surface area contributed by atoms with E-state index in [4.69, 9.17) is 15.9 Å². The SMILES string of the molecule is CCOC1C(NC(=O)Cn2cccc(NS(=O)(=O)Cc3ccccc3)c2=O)CCCN1C(=N)N. The van der Waals surface area contributed by atoms with Gasteiger partial charge < -0.3 is 25.3 Å². The zero-order valence-electron chi connectivity index (χ0n) is 18.9. The fraction of sp³-hybridized carbons (Fsp3) is 0.409. The summed E-state index contributed by atoms with van der Waals surface area (Å²) in [6, 6.07) is 11.1. The van der Waals surface area contributed by atoms with Crippen LogP contribution in [0.3, 0.4) is 0 Å². The average molecular weight is 491 g/mol. The van der Waals surface area contributed by atoms with E-state index in [2.05, 4.69) is 10.0 Å². The molecular formula is C22H30N6O5S. The minimum absolute atomic E-state index is 0.135. The second-order valence-corrected chi connectivity index (χ2v) is 9.66. The number of carbonyl (C=O) groups excluding carboxylic acids is 1. The van der Waals surface area contributed by atoms with Gasteiger partial charge in [0.1, 0.15) is 12.2 Å². The predicted molar refractivity (Wildman–Crippen MR) is 129 cm³/mol. The molecule has 12 heteroatoms. The lowest BCUT2D eigenvalue weighted by atomic mass is 10.0. The Morgan fingerprint density at radius 2 is 1.97 bits per heavy atom. The number of sulfonamides is 1. The van der Waals surface area contributed by atoms with Crippen molar-refractivity contribution in [3.05, 3.63) is 64.6 Å². The molecule has 1 aliphatic heterocycles. The van der Waals surface area contributed by atoms with Gasteiger partial charge in [-0.3, -0.25) is 19.7 Å². The Bertz CT molecular complexity index is 1170. The van der Waals surface area contributed by atoms with Crippen molar-refractivity contribution in [2.24, 2.45) is 5.73 Å². The minimum Gasteiger partial charge on any atom is -0.370 e. The molecule has 1 aromatic carbocycles. The van der Waals surface area contributed by atoms with Crippen LogP contribution >= 0.6 is 0 Å². The summed E-state index contributed by atoms with van der Waals surface area (Å²) in [7, 11) is -3.82. The molecule has 11 nitrogen and oxygen atoms in total. The third kappa shape index (κ3) is 6.58. The molecule has 5 N–H and O–H groups in total. The number of piperidine rings is 1. The van der Waals surface area contributed by atoms with Gasteiger partial charge in [-0.25, -0.2) is 8.42 Å². The van der Waals surface area contributed by atoms with E-state index < -0.39 is 33.8 Å². The van der Waals surface area contributed by atoms with Crippen molar-refractivity contribution in [3.8, 4) is 0 Å². The van der Waals surface area contributed by atoms with Crippen molar-refractivity contribution >= 4 is 27.6 Å². The fourth-order valence-corrected chi connectivity index (χ4v) is 5.08. The van der Waals surface area contributed by atoms with Crippen LogP contribution in [0, 0.1) is 5.41 Å². The molecular weight excluding hydrogens is 460 g/mol. The van der Waals surface area contributed by atoms with E-state index in [-0.39, 0.29) is 23.9 Å². The summed E-state index contributed by atoms with van der Waals surface area (Å²) in [5, 5.41) is 10.6. The summed E-state index contributed by atoms with van der Waals surface area (Å²) in [4.78, 5) is 27.1. The highest BCUT2D eigenvalue weighted by Crippen LogP contribution is 2.18. The first kappa shape index (κ1) is 25.2. The Hall–Kier alpha value is -3.38. The number of hydrogen-bond acceptors (Lipinski definition) is 6. The van der Waals surface area contributed by atoms with Crippen molar-refractivity contribution in [3.63, 3.8) is 0 Å². The molecule has 3 rings (SSSR count). The molecule has 1 fully saturated rings. The lowest BCUT2D eigenvalue weighted by molar-refractivity contribution is -0.126. The topological polar surface area (TPSA) is 160 Å². The molecule has 0 spiro atoms. The summed E-state index contributed by atoms with van der Waals surface area (Å²) >= 11 is 0. The van der Waals surface area contributed by atoms with Gasteiger partial charge in [-0.05, 0) is 37.5 Å². The van der Waals surface area contributed by atoms with Crippen LogP contribution in [-0.2, 0) is 31.9 Å². The summed E-state index contributed by atoms with van der Waals surface area (Å²) in [5.74, 6) is -0.855. The number of nitrogens with one attached hydrogen (secondary N) is 3. The van der Waals surface area contributed by atoms with Gasteiger partial charge in [-0.2, -0.15) is 0 Å². The van der Waals surface area contributed by atoms with Crippen molar-refractivity contribution in [1.29, 1.82) is 5.41 Å². The number of benzene rings is 1. The third-order valence-electron chi connectivity index (χ3n) is 5.36. The molecule has 1 amide bonds. The highest BCUT2D eigenvalue weighted by molar-refractivity contribution is 7.91. The number of guanidine groups is 1. The summed E-state index contributed by atoms with van der Waals surface area (Å²) in [5.41, 5.74) is 5.47. The largest absolute Gasteiger partial charge is 0.370 e. The van der Waals surface area contributed by atoms with Crippen molar-refractivity contribution in [1.82, 2.24) is 14.8 Å². The second kappa shape index (κ2) is 11.2. The number of ether oxygens (including phenoxy) is 1. The van der Waals surface area contributed by atoms with Crippen molar-refractivity contribution in [2.75, 3.05) is 17.9 Å². The van der Waals surface area contributed by atoms with Gasteiger partial charge in [0.15, 0.2) is 12.2 Å². The fourth-order valence-electron chi connectivity index (χ4n) is 3.89. The number of aromatic nitrogens is 1. The number of likely N-dealkylation sites (tertiary alicyclic amines) is 1. The standard InChI is InChI=1S/C22H30N6O5S/c1-2-33-21-18(11-7-13-28(21)22(23)24)25-19(29)14-27-12-6-10-17(20(27)30)26-34(31,32)15-16-8-4-3-5-9-16/h3-6,8-10,12,18,21,26H,2,7,11,13-15H2,1H3,(H3,23,24)(H,25,29). The van der Waals surface area contributed by atoms with Gasteiger partial charge in [0.2, 0.25) is 15.9 Å². The van der Waals surface area contributed by atoms with Gasteiger partial charge in [-0.1, -0.05) is 30.3 Å². The molecule has 2 heterocycles. The maximum Gasteiger partial charge on any atom is 0.275 e. The van der Waals surface area contributed by atoms with Gasteiger partial charge in [0.05, 0.1) is 11.8 Å². The van der Waals surface area contributed by atoms with Gasteiger partial charge in [0.25, 0.3) is 5.56 Å². The summed E-state index contributed by atoms with van der Waals surface area (Å²) < 4.78 is 34.2. The van der Waals surface area contributed by atoms with Crippen LogP contribution in [0.1, 0.15) is 25.3 Å². The van der Waals surface area contributed by atoms with Crippen LogP contribution in [0.5, 0.6) is 0 Å². The molecule has 2 aromatic rings. The van der Waals surface area contributed by atoms with E-state index in [1.807, 2.05) is 6.92 Å². The third-order valence-corrected chi connectivity index (χ3v) is 6.60. The lowest BCUT2D eigenvalue weighted by Crippen LogP contribution is -2.59. The molecule has 0 saturated carbocycles. The molecule has 34 heavy (non-hydrogen) atoms. The van der Waals surface area contributed by atoms with Crippen molar-refractivity contribution < 1.29 is 17.9 Å². The number of rotatable bonds is 9. The Balaban J connectivity index is 1.69. The Labute approximate surface area is 198 Å². The molecule has 0 bridgehead atoms. The van der Waals surface area contributed by atoms with Crippen molar-refractivity contribution in [2.45, 2.75) is 44.3 Å². The smallest absolute Gasteiger partial charge is 0.275 e. The predicted octanol–water partition coefficient (Wildman–Crippen LogP) is 0.627. The van der Waals surface area contributed by atoms with E-state index in [9.17, 15) is 18.0 Å². The highest BCUT2D eigenvalue weighted by atomic mass is 32.2. The van der Waals surface area contributed by atoms with Crippen LogP contribution in [0.25, 0.3) is 0 Å². The average Bonchev–Trinajstić information content (AvgIpc) is 2.78. The van der Waals surface area contributed by atoms with E-state index in [0.29, 0.717) is 31.6 Å². The second-order valence-electron chi connectivity index (χ2n) is 7.94. The summed E-state index contributed by atoms with van der Waals surface area (Å²) in [6.45, 7) is 2.45. The first-order valence-corrected chi connectivity index (χ1v) is 12.6. The van der Waals surface area contributed by atoms with Crippen LogP contribution in [0.4, 0.5) is 5.69 Å². The zero-order chi connectivity index (χ0) is 24.7. The first-order valence-electron chi connectivity index (χ1n) is 11.0. The van der Waals surface area contributed by atoms with Crippen LogP contribution in [-0.4, -0.2) is 55.2 Å². The highest BCUT2D eigenvalue weighted by Gasteiger charge is 2.34. The maximum absolute atomic E-state index is 12.8. The quantitative estimate of drug-likeness (QED) is 0.296. The number of hydrogen-bond donors (Lipinski definition) is 4. The van der Waals surface area contributed by atoms with Gasteiger partial charge in [-0.15, -0.1) is 0 Å². The molecule has 1 saturated heterocycles. The van der Waals surface area contributed by atoms with E-state index in [0.717, 1.165) is 4.57 Å². The molecule has 2 atom stereocenters. The summed E-state index contributed by atoms with van der Waals surface area (Å²) in [6.07, 6.45) is 2.19. The Morgan fingerprint density at radius 1 is 1.24 bits per heavy atom. The monoisotopic (exact) mass is 490 g/mol. The number of nitrogens with two attached hydrogens (primary N) is 1. The molecule has 0 aliphatic carbocycles. The number of pyridine rings is 1. The number of carbonyl (C=O) groups is 1.